The Balaban J connectivity index is 1.61. The fourth-order valence-corrected chi connectivity index (χ4v) is 5.16. The van der Waals surface area contributed by atoms with Gasteiger partial charge in [0.25, 0.3) is 11.8 Å². The molecule has 2 fully saturated rings. The van der Waals surface area contributed by atoms with Crippen molar-refractivity contribution in [3.05, 3.63) is 41.5 Å². The minimum atomic E-state index is -0.674. The van der Waals surface area contributed by atoms with Gasteiger partial charge < -0.3 is 23.6 Å². The lowest BCUT2D eigenvalue weighted by molar-refractivity contribution is -0.0714. The van der Waals surface area contributed by atoms with Crippen molar-refractivity contribution in [2.24, 2.45) is 5.92 Å². The van der Waals surface area contributed by atoms with Crippen molar-refractivity contribution < 1.29 is 18.8 Å². The zero-order valence-corrected chi connectivity index (χ0v) is 16.0. The van der Waals surface area contributed by atoms with Crippen molar-refractivity contribution >= 4 is 11.8 Å². The summed E-state index contributed by atoms with van der Waals surface area (Å²) in [5.41, 5.74) is 1.18. The number of aryl methyl sites for hydroxylation is 1. The van der Waals surface area contributed by atoms with Gasteiger partial charge in [-0.05, 0) is 31.4 Å². The van der Waals surface area contributed by atoms with E-state index in [0.29, 0.717) is 56.2 Å². The molecule has 8 nitrogen and oxygen atoms in total. The summed E-state index contributed by atoms with van der Waals surface area (Å²) in [6.45, 7) is 4.91. The molecule has 0 aliphatic carbocycles. The van der Waals surface area contributed by atoms with Crippen molar-refractivity contribution in [1.82, 2.24) is 19.5 Å². The van der Waals surface area contributed by atoms with E-state index in [9.17, 15) is 9.59 Å². The zero-order chi connectivity index (χ0) is 19.3. The van der Waals surface area contributed by atoms with Crippen LogP contribution < -0.4 is 0 Å². The molecule has 3 aliphatic heterocycles. The summed E-state index contributed by atoms with van der Waals surface area (Å²) in [4.78, 5) is 30.7. The lowest BCUT2D eigenvalue weighted by Gasteiger charge is -2.52. The highest BCUT2D eigenvalue weighted by atomic mass is 16.5. The van der Waals surface area contributed by atoms with Gasteiger partial charge in [-0.1, -0.05) is 12.1 Å². The summed E-state index contributed by atoms with van der Waals surface area (Å²) >= 11 is 0. The molecule has 2 amide bonds. The maximum Gasteiger partial charge on any atom is 0.272 e. The number of hydrogen-bond donors (Lipinski definition) is 0. The van der Waals surface area contributed by atoms with Gasteiger partial charge in [0.2, 0.25) is 0 Å². The number of amides is 2. The molecule has 5 heterocycles. The number of hydrogen-bond acceptors (Lipinski definition) is 5. The first-order valence-electron chi connectivity index (χ1n) is 9.97. The first-order valence-corrected chi connectivity index (χ1v) is 9.97. The van der Waals surface area contributed by atoms with Crippen LogP contribution in [0.3, 0.4) is 0 Å². The molecule has 148 valence electrons. The molecule has 28 heavy (non-hydrogen) atoms. The highest BCUT2D eigenvalue weighted by Crippen LogP contribution is 2.44. The third-order valence-electron chi connectivity index (χ3n) is 6.51. The maximum absolute atomic E-state index is 13.6. The van der Waals surface area contributed by atoms with Crippen LogP contribution >= 0.6 is 0 Å². The quantitative estimate of drug-likeness (QED) is 0.806. The summed E-state index contributed by atoms with van der Waals surface area (Å²) in [6.07, 6.45) is 5.65. The number of aromatic nitrogens is 2. The van der Waals surface area contributed by atoms with Crippen LogP contribution in [0.2, 0.25) is 0 Å². The van der Waals surface area contributed by atoms with Crippen molar-refractivity contribution in [2.45, 2.75) is 38.4 Å². The van der Waals surface area contributed by atoms with Crippen molar-refractivity contribution in [1.29, 1.82) is 0 Å². The topological polar surface area (TPSA) is 80.8 Å². The van der Waals surface area contributed by atoms with Crippen LogP contribution in [-0.4, -0.2) is 63.3 Å². The lowest BCUT2D eigenvalue weighted by atomic mass is 9.82. The van der Waals surface area contributed by atoms with E-state index in [1.165, 1.54) is 6.26 Å². The van der Waals surface area contributed by atoms with Crippen LogP contribution in [0.15, 0.2) is 29.1 Å². The second-order valence-corrected chi connectivity index (χ2v) is 7.73. The van der Waals surface area contributed by atoms with Gasteiger partial charge in [0.1, 0.15) is 23.2 Å². The molecule has 1 atom stereocenters. The van der Waals surface area contributed by atoms with Crippen LogP contribution in [0.5, 0.6) is 0 Å². The zero-order valence-electron chi connectivity index (χ0n) is 16.0. The van der Waals surface area contributed by atoms with E-state index < -0.39 is 5.66 Å². The van der Waals surface area contributed by atoms with E-state index in [1.54, 1.807) is 0 Å². The van der Waals surface area contributed by atoms with Crippen LogP contribution in [0.25, 0.3) is 0 Å². The SMILES string of the molecule is CCc1nocc1C(=O)N1CCN2C(=O)c3cccn3CC12C1CCOCC1. The van der Waals surface area contributed by atoms with Gasteiger partial charge in [-0.3, -0.25) is 9.59 Å². The molecular formula is C20H24N4O4. The number of rotatable bonds is 3. The van der Waals surface area contributed by atoms with E-state index in [4.69, 9.17) is 9.26 Å². The predicted molar refractivity (Wildman–Crippen MR) is 98.7 cm³/mol. The molecule has 0 bridgehead atoms. The van der Waals surface area contributed by atoms with Gasteiger partial charge in [0.05, 0.1) is 12.2 Å². The molecule has 5 rings (SSSR count). The molecule has 3 aliphatic rings. The Bertz CT molecular complexity index is 913. The Morgan fingerprint density at radius 1 is 1.32 bits per heavy atom. The normalized spacial score (nSPS) is 25.1. The van der Waals surface area contributed by atoms with Gasteiger partial charge in [-0.25, -0.2) is 0 Å². The van der Waals surface area contributed by atoms with Crippen LogP contribution in [0.4, 0.5) is 0 Å². The Morgan fingerprint density at radius 3 is 2.93 bits per heavy atom. The summed E-state index contributed by atoms with van der Waals surface area (Å²) in [5, 5.41) is 3.98. The molecule has 2 aromatic rings. The second kappa shape index (κ2) is 6.48. The van der Waals surface area contributed by atoms with Crippen molar-refractivity contribution in [2.75, 3.05) is 26.3 Å². The predicted octanol–water partition coefficient (Wildman–Crippen LogP) is 1.77. The Labute approximate surface area is 163 Å². The fraction of sp³-hybridized carbons (Fsp3) is 0.550. The third-order valence-corrected chi connectivity index (χ3v) is 6.51. The molecule has 0 saturated carbocycles. The highest BCUT2D eigenvalue weighted by Gasteiger charge is 2.59. The third kappa shape index (κ3) is 2.30. The number of ether oxygens (including phenoxy) is 1. The number of carbonyl (C=O) groups excluding carboxylic acids is 2. The summed E-state index contributed by atoms with van der Waals surface area (Å²) in [6, 6.07) is 3.75. The number of nitrogens with zero attached hydrogens (tertiary/aromatic N) is 4. The highest BCUT2D eigenvalue weighted by molar-refractivity contribution is 5.98. The number of fused-ring (bicyclic) bond motifs is 2. The van der Waals surface area contributed by atoms with Crippen LogP contribution in [-0.2, 0) is 17.7 Å². The van der Waals surface area contributed by atoms with Gasteiger partial charge in [0, 0.05) is 38.4 Å². The molecule has 0 N–H and O–H groups in total. The summed E-state index contributed by atoms with van der Waals surface area (Å²) in [7, 11) is 0. The molecule has 0 spiro atoms. The second-order valence-electron chi connectivity index (χ2n) is 7.73. The average Bonchev–Trinajstić information content (AvgIpc) is 3.46. The first-order chi connectivity index (χ1) is 13.7. The van der Waals surface area contributed by atoms with E-state index in [2.05, 4.69) is 5.16 Å². The molecular weight excluding hydrogens is 360 g/mol. The van der Waals surface area contributed by atoms with Gasteiger partial charge in [-0.15, -0.1) is 0 Å². The van der Waals surface area contributed by atoms with Crippen LogP contribution in [0, 0.1) is 5.92 Å². The monoisotopic (exact) mass is 384 g/mol. The summed E-state index contributed by atoms with van der Waals surface area (Å²) in [5.74, 6) is 0.0618. The standard InChI is InChI=1S/C20H24N4O4/c1-2-16-15(12-28-21-16)18(25)23-8-9-24-19(26)17-4-3-7-22(17)13-20(23,24)14-5-10-27-11-6-14/h3-4,7,12,14H,2,5-6,8-11,13H2,1H3. The molecule has 0 radical (unpaired) electrons. The van der Waals surface area contributed by atoms with E-state index in [0.717, 1.165) is 12.8 Å². The van der Waals surface area contributed by atoms with Crippen molar-refractivity contribution in [3.8, 4) is 0 Å². The van der Waals surface area contributed by atoms with Gasteiger partial charge in [0.15, 0.2) is 0 Å². The Morgan fingerprint density at radius 2 is 2.14 bits per heavy atom. The molecule has 2 saturated heterocycles. The van der Waals surface area contributed by atoms with E-state index in [-0.39, 0.29) is 17.7 Å². The molecule has 0 aromatic carbocycles. The lowest BCUT2D eigenvalue weighted by Crippen LogP contribution is -2.66. The largest absolute Gasteiger partial charge is 0.381 e. The van der Waals surface area contributed by atoms with Crippen molar-refractivity contribution in [3.63, 3.8) is 0 Å². The van der Waals surface area contributed by atoms with E-state index in [1.807, 2.05) is 39.6 Å². The molecule has 8 heteroatoms. The minimum Gasteiger partial charge on any atom is -0.381 e. The first kappa shape index (κ1) is 17.5. The van der Waals surface area contributed by atoms with Crippen LogP contribution in [0.1, 0.15) is 46.3 Å². The Hall–Kier alpha value is -2.61. The van der Waals surface area contributed by atoms with E-state index >= 15 is 0 Å². The van der Waals surface area contributed by atoms with Gasteiger partial charge >= 0.3 is 0 Å². The molecule has 1 unspecified atom stereocenters. The average molecular weight is 384 g/mol. The summed E-state index contributed by atoms with van der Waals surface area (Å²) < 4.78 is 12.7. The smallest absolute Gasteiger partial charge is 0.272 e. The van der Waals surface area contributed by atoms with Gasteiger partial charge in [-0.2, -0.15) is 0 Å². The maximum atomic E-state index is 13.6. The Kier molecular flexibility index (Phi) is 4.04. The minimum absolute atomic E-state index is 0.000856. The fourth-order valence-electron chi connectivity index (χ4n) is 5.16. The molecule has 2 aromatic heterocycles. The number of carbonyl (C=O) groups is 2.